The van der Waals surface area contributed by atoms with E-state index in [-0.39, 0.29) is 5.92 Å². The zero-order valence-electron chi connectivity index (χ0n) is 15.3. The highest BCUT2D eigenvalue weighted by Gasteiger charge is 2.38. The number of carboxylic acid groups (broad SMARTS) is 1. The van der Waals surface area contributed by atoms with Crippen LogP contribution >= 0.6 is 0 Å². The van der Waals surface area contributed by atoms with Gasteiger partial charge in [0.05, 0.1) is 6.10 Å². The van der Waals surface area contributed by atoms with Crippen molar-refractivity contribution in [3.05, 3.63) is 0 Å². The number of rotatable bonds is 8. The van der Waals surface area contributed by atoms with Crippen LogP contribution < -0.4 is 16.4 Å². The molecule has 1 heterocycles. The summed E-state index contributed by atoms with van der Waals surface area (Å²) < 4.78 is 0. The van der Waals surface area contributed by atoms with Gasteiger partial charge in [0, 0.05) is 6.54 Å². The van der Waals surface area contributed by atoms with Crippen molar-refractivity contribution in [3.63, 3.8) is 0 Å². The Hall–Kier alpha value is -2.20. The first kappa shape index (κ1) is 21.8. The molecule has 3 amide bonds. The third-order valence-corrected chi connectivity index (χ3v) is 4.30. The summed E-state index contributed by atoms with van der Waals surface area (Å²) >= 11 is 0. The minimum atomic E-state index is -1.19. The molecule has 1 fully saturated rings. The maximum Gasteiger partial charge on any atom is 0.322 e. The van der Waals surface area contributed by atoms with Crippen molar-refractivity contribution in [1.82, 2.24) is 15.5 Å². The summed E-state index contributed by atoms with van der Waals surface area (Å²) in [5.41, 5.74) is 5.68. The molecule has 1 rings (SSSR count). The average Bonchev–Trinajstić information content (AvgIpc) is 3.05. The lowest BCUT2D eigenvalue weighted by Gasteiger charge is -2.29. The molecule has 1 aliphatic rings. The van der Waals surface area contributed by atoms with Crippen molar-refractivity contribution in [1.29, 1.82) is 0 Å². The van der Waals surface area contributed by atoms with Crippen molar-refractivity contribution >= 4 is 23.7 Å². The lowest BCUT2D eigenvalue weighted by molar-refractivity contribution is -0.142. The van der Waals surface area contributed by atoms with Gasteiger partial charge in [0.1, 0.15) is 24.7 Å². The molecule has 26 heavy (non-hydrogen) atoms. The van der Waals surface area contributed by atoms with E-state index in [1.54, 1.807) is 13.8 Å². The van der Waals surface area contributed by atoms with Gasteiger partial charge in [0.2, 0.25) is 17.7 Å². The van der Waals surface area contributed by atoms with E-state index in [0.717, 1.165) is 0 Å². The fourth-order valence-corrected chi connectivity index (χ4v) is 2.76. The van der Waals surface area contributed by atoms with Crippen LogP contribution in [-0.4, -0.2) is 76.1 Å². The molecule has 0 aromatic heterocycles. The van der Waals surface area contributed by atoms with E-state index in [1.807, 2.05) is 0 Å². The number of carbonyl (C=O) groups excluding carboxylic acids is 3. The Labute approximate surface area is 152 Å². The Balaban J connectivity index is 2.80. The molecule has 10 heteroatoms. The van der Waals surface area contributed by atoms with Crippen LogP contribution in [0.5, 0.6) is 0 Å². The number of carbonyl (C=O) groups is 4. The zero-order valence-corrected chi connectivity index (χ0v) is 15.3. The molecule has 148 valence electrons. The fourth-order valence-electron chi connectivity index (χ4n) is 2.76. The number of aliphatic carboxylic acids is 1. The summed E-state index contributed by atoms with van der Waals surface area (Å²) in [5.74, 6) is -3.09. The van der Waals surface area contributed by atoms with Gasteiger partial charge in [-0.25, -0.2) is 0 Å². The number of likely N-dealkylation sites (tertiary alicyclic amines) is 1. The minimum Gasteiger partial charge on any atom is -0.480 e. The van der Waals surface area contributed by atoms with Crippen molar-refractivity contribution in [2.45, 2.75) is 57.8 Å². The molecule has 10 nitrogen and oxygen atoms in total. The van der Waals surface area contributed by atoms with Gasteiger partial charge in [-0.2, -0.15) is 0 Å². The van der Waals surface area contributed by atoms with E-state index in [4.69, 9.17) is 10.8 Å². The number of aliphatic hydroxyl groups excluding tert-OH is 1. The quantitative estimate of drug-likeness (QED) is 0.330. The predicted molar refractivity (Wildman–Crippen MR) is 91.8 cm³/mol. The number of hydrogen-bond acceptors (Lipinski definition) is 6. The Bertz CT molecular complexity index is 551. The molecule has 1 saturated heterocycles. The van der Waals surface area contributed by atoms with E-state index in [1.165, 1.54) is 11.8 Å². The van der Waals surface area contributed by atoms with E-state index >= 15 is 0 Å². The van der Waals surface area contributed by atoms with Gasteiger partial charge in [-0.15, -0.1) is 0 Å². The Morgan fingerprint density at radius 2 is 1.85 bits per heavy atom. The zero-order chi connectivity index (χ0) is 20.0. The van der Waals surface area contributed by atoms with E-state index < -0.39 is 54.5 Å². The Kier molecular flexibility index (Phi) is 7.97. The van der Waals surface area contributed by atoms with Crippen molar-refractivity contribution in [2.24, 2.45) is 11.7 Å². The summed E-state index contributed by atoms with van der Waals surface area (Å²) in [6, 6.07) is -2.83. The maximum atomic E-state index is 12.6. The Morgan fingerprint density at radius 3 is 2.35 bits per heavy atom. The van der Waals surface area contributed by atoms with Gasteiger partial charge in [-0.05, 0) is 25.7 Å². The molecule has 0 saturated carbocycles. The number of nitrogens with one attached hydrogen (secondary N) is 2. The number of carboxylic acids is 1. The standard InChI is InChI=1S/C16H28N4O6/c1-8(2)13(15(25)18-7-11(22)23)19-14(24)10-5-4-6-20(10)16(26)12(17)9(3)21/h8-10,12-13,21H,4-7,17H2,1-3H3,(H,18,25)(H,19,24)(H,22,23). The second kappa shape index (κ2) is 9.48. The number of amides is 3. The first-order chi connectivity index (χ1) is 12.1. The summed E-state index contributed by atoms with van der Waals surface area (Å²) in [6.07, 6.45) is -0.0171. The molecule has 0 radical (unpaired) electrons. The molecule has 0 bridgehead atoms. The van der Waals surface area contributed by atoms with Gasteiger partial charge in [-0.3, -0.25) is 19.2 Å². The van der Waals surface area contributed by atoms with Gasteiger partial charge in [0.25, 0.3) is 0 Å². The van der Waals surface area contributed by atoms with Crippen molar-refractivity contribution in [2.75, 3.05) is 13.1 Å². The lowest BCUT2D eigenvalue weighted by atomic mass is 10.0. The molecule has 0 spiro atoms. The van der Waals surface area contributed by atoms with Crippen LogP contribution in [0.1, 0.15) is 33.6 Å². The predicted octanol–water partition coefficient (Wildman–Crippen LogP) is -1.97. The maximum absolute atomic E-state index is 12.6. The SMILES string of the molecule is CC(C)C(NC(=O)C1CCCN1C(=O)C(N)C(C)O)C(=O)NCC(=O)O. The normalized spacial score (nSPS) is 20.4. The van der Waals surface area contributed by atoms with Crippen LogP contribution in [0, 0.1) is 5.92 Å². The summed E-state index contributed by atoms with van der Waals surface area (Å²) in [7, 11) is 0. The molecule has 0 aromatic carbocycles. The van der Waals surface area contributed by atoms with Crippen molar-refractivity contribution in [3.8, 4) is 0 Å². The van der Waals surface area contributed by atoms with Gasteiger partial charge in [0.15, 0.2) is 0 Å². The van der Waals surface area contributed by atoms with Gasteiger partial charge < -0.3 is 31.5 Å². The lowest BCUT2D eigenvalue weighted by Crippen LogP contribution is -2.57. The third kappa shape index (κ3) is 5.67. The largest absolute Gasteiger partial charge is 0.480 e. The minimum absolute atomic E-state index is 0.280. The highest BCUT2D eigenvalue weighted by Crippen LogP contribution is 2.19. The number of nitrogens with zero attached hydrogens (tertiary/aromatic N) is 1. The first-order valence-corrected chi connectivity index (χ1v) is 8.60. The van der Waals surface area contributed by atoms with E-state index in [0.29, 0.717) is 19.4 Å². The highest BCUT2D eigenvalue weighted by molar-refractivity contribution is 5.94. The van der Waals surface area contributed by atoms with E-state index in [9.17, 15) is 24.3 Å². The van der Waals surface area contributed by atoms with Crippen molar-refractivity contribution < 1.29 is 29.4 Å². The molecular weight excluding hydrogens is 344 g/mol. The van der Waals surface area contributed by atoms with Crippen LogP contribution in [0.25, 0.3) is 0 Å². The number of aliphatic hydroxyl groups is 1. The average molecular weight is 372 g/mol. The molecule has 6 N–H and O–H groups in total. The van der Waals surface area contributed by atoms with Crippen LogP contribution in [0.3, 0.4) is 0 Å². The van der Waals surface area contributed by atoms with Crippen LogP contribution in [0.2, 0.25) is 0 Å². The molecule has 1 aliphatic heterocycles. The molecular formula is C16H28N4O6. The van der Waals surface area contributed by atoms with Gasteiger partial charge >= 0.3 is 5.97 Å². The topological polar surface area (TPSA) is 162 Å². The Morgan fingerprint density at radius 1 is 1.23 bits per heavy atom. The van der Waals surface area contributed by atoms with E-state index in [2.05, 4.69) is 10.6 Å². The molecule has 4 atom stereocenters. The number of nitrogens with two attached hydrogens (primary N) is 1. The van der Waals surface area contributed by atoms with Crippen LogP contribution in [0.15, 0.2) is 0 Å². The summed E-state index contributed by atoms with van der Waals surface area (Å²) in [5, 5.41) is 23.0. The smallest absolute Gasteiger partial charge is 0.322 e. The van der Waals surface area contributed by atoms with Gasteiger partial charge in [-0.1, -0.05) is 13.8 Å². The third-order valence-electron chi connectivity index (χ3n) is 4.30. The highest BCUT2D eigenvalue weighted by atomic mass is 16.4. The molecule has 0 aromatic rings. The first-order valence-electron chi connectivity index (χ1n) is 8.60. The summed E-state index contributed by atoms with van der Waals surface area (Å²) in [6.45, 7) is 4.62. The number of hydrogen-bond donors (Lipinski definition) is 5. The second-order valence-electron chi connectivity index (χ2n) is 6.80. The monoisotopic (exact) mass is 372 g/mol. The summed E-state index contributed by atoms with van der Waals surface area (Å²) in [4.78, 5) is 49.0. The molecule has 4 unspecified atom stereocenters. The molecule has 0 aliphatic carbocycles. The fraction of sp³-hybridized carbons (Fsp3) is 0.750. The second-order valence-corrected chi connectivity index (χ2v) is 6.80. The van der Waals surface area contributed by atoms with Crippen LogP contribution in [0.4, 0.5) is 0 Å². The van der Waals surface area contributed by atoms with Crippen LogP contribution in [-0.2, 0) is 19.2 Å².